The molecule has 3 aromatic rings. The summed E-state index contributed by atoms with van der Waals surface area (Å²) in [6.07, 6.45) is 5.87. The molecule has 0 spiro atoms. The lowest BCUT2D eigenvalue weighted by Crippen LogP contribution is -2.34. The molecule has 1 fully saturated rings. The van der Waals surface area contributed by atoms with Crippen LogP contribution in [0, 0.1) is 0 Å². The molecule has 4 rings (SSSR count). The molecule has 5 nitrogen and oxygen atoms in total. The van der Waals surface area contributed by atoms with Crippen molar-refractivity contribution in [2.24, 2.45) is 0 Å². The Labute approximate surface area is 150 Å². The molecule has 0 radical (unpaired) electrons. The van der Waals surface area contributed by atoms with Gasteiger partial charge in [-0.05, 0) is 48.5 Å². The van der Waals surface area contributed by atoms with Gasteiger partial charge in [-0.25, -0.2) is 4.98 Å². The van der Waals surface area contributed by atoms with Crippen LogP contribution < -0.4 is 5.56 Å². The molecule has 1 saturated heterocycles. The van der Waals surface area contributed by atoms with Crippen LogP contribution in [0.2, 0.25) is 0 Å². The van der Waals surface area contributed by atoms with Gasteiger partial charge in [0.1, 0.15) is 5.82 Å². The van der Waals surface area contributed by atoms with Gasteiger partial charge in [-0.3, -0.25) is 14.7 Å². The summed E-state index contributed by atoms with van der Waals surface area (Å²) in [5.41, 5.74) is 2.11. The number of rotatable bonds is 4. The summed E-state index contributed by atoms with van der Waals surface area (Å²) in [4.78, 5) is 27.3. The highest BCUT2D eigenvalue weighted by Crippen LogP contribution is 2.28. The molecular formula is C19H20N4OS. The van der Waals surface area contributed by atoms with Crippen LogP contribution in [0.25, 0.3) is 10.7 Å². The molecule has 0 aromatic carbocycles. The number of thiophene rings is 1. The number of aromatic nitrogens is 3. The fraction of sp³-hybridized carbons (Fsp3) is 0.316. The smallest absolute Gasteiger partial charge is 0.251 e. The number of likely N-dealkylation sites (tertiary alicyclic amines) is 1. The molecule has 0 aliphatic carbocycles. The zero-order chi connectivity index (χ0) is 17.1. The lowest BCUT2D eigenvalue weighted by molar-refractivity contribution is 0.198. The Bertz CT molecular complexity index is 876. The van der Waals surface area contributed by atoms with Crippen LogP contribution in [0.3, 0.4) is 0 Å². The fourth-order valence-corrected chi connectivity index (χ4v) is 4.07. The monoisotopic (exact) mass is 352 g/mol. The van der Waals surface area contributed by atoms with E-state index in [0.717, 1.165) is 43.0 Å². The second-order valence-corrected chi connectivity index (χ2v) is 7.37. The van der Waals surface area contributed by atoms with Crippen LogP contribution in [-0.4, -0.2) is 32.9 Å². The Morgan fingerprint density at radius 2 is 2.16 bits per heavy atom. The molecule has 128 valence electrons. The highest BCUT2D eigenvalue weighted by atomic mass is 32.1. The molecule has 25 heavy (non-hydrogen) atoms. The van der Waals surface area contributed by atoms with E-state index in [1.807, 2.05) is 29.9 Å². The standard InChI is InChI=1S/C19H20N4OS/c24-18-11-16(21-19(22-18)17-4-2-10-25-17)15-3-1-9-23(13-15)12-14-5-7-20-8-6-14/h2,4-8,10-11,15H,1,3,9,12-13H2,(H,21,22,24)/t15-/m1/s1. The molecule has 1 aliphatic heterocycles. The highest BCUT2D eigenvalue weighted by Gasteiger charge is 2.23. The number of hydrogen-bond acceptors (Lipinski definition) is 5. The molecule has 3 aromatic heterocycles. The maximum Gasteiger partial charge on any atom is 0.251 e. The van der Waals surface area contributed by atoms with E-state index in [0.29, 0.717) is 11.7 Å². The zero-order valence-corrected chi connectivity index (χ0v) is 14.7. The first-order valence-corrected chi connectivity index (χ1v) is 9.42. The molecule has 1 atom stereocenters. The largest absolute Gasteiger partial charge is 0.306 e. The van der Waals surface area contributed by atoms with Crippen LogP contribution in [0.5, 0.6) is 0 Å². The van der Waals surface area contributed by atoms with Gasteiger partial charge in [0, 0.05) is 37.5 Å². The van der Waals surface area contributed by atoms with Crippen molar-refractivity contribution in [3.05, 3.63) is 69.7 Å². The maximum atomic E-state index is 12.1. The minimum absolute atomic E-state index is 0.0698. The maximum absolute atomic E-state index is 12.1. The zero-order valence-electron chi connectivity index (χ0n) is 13.9. The third-order valence-corrected chi connectivity index (χ3v) is 5.47. The van der Waals surface area contributed by atoms with Gasteiger partial charge >= 0.3 is 0 Å². The van der Waals surface area contributed by atoms with Gasteiger partial charge in [-0.1, -0.05) is 6.07 Å². The average molecular weight is 352 g/mol. The topological polar surface area (TPSA) is 61.9 Å². The Morgan fingerprint density at radius 1 is 1.28 bits per heavy atom. The molecule has 0 unspecified atom stereocenters. The van der Waals surface area contributed by atoms with Gasteiger partial charge in [0.15, 0.2) is 0 Å². The van der Waals surface area contributed by atoms with Crippen molar-refractivity contribution in [3.8, 4) is 10.7 Å². The van der Waals surface area contributed by atoms with Crippen molar-refractivity contribution in [2.75, 3.05) is 13.1 Å². The minimum atomic E-state index is -0.0698. The fourth-order valence-electron chi connectivity index (χ4n) is 3.40. The summed E-state index contributed by atoms with van der Waals surface area (Å²) in [5, 5.41) is 2.00. The Kier molecular flexibility index (Phi) is 4.72. The van der Waals surface area contributed by atoms with Crippen molar-refractivity contribution < 1.29 is 0 Å². The number of pyridine rings is 1. The van der Waals surface area contributed by atoms with E-state index in [2.05, 4.69) is 27.0 Å². The van der Waals surface area contributed by atoms with Gasteiger partial charge < -0.3 is 4.98 Å². The van der Waals surface area contributed by atoms with E-state index in [4.69, 9.17) is 4.98 Å². The van der Waals surface area contributed by atoms with Gasteiger partial charge in [-0.2, -0.15) is 0 Å². The van der Waals surface area contributed by atoms with Crippen molar-refractivity contribution in [1.29, 1.82) is 0 Å². The Morgan fingerprint density at radius 3 is 2.96 bits per heavy atom. The normalized spacial score (nSPS) is 18.3. The lowest BCUT2D eigenvalue weighted by Gasteiger charge is -2.32. The van der Waals surface area contributed by atoms with Gasteiger partial charge in [0.05, 0.1) is 10.6 Å². The van der Waals surface area contributed by atoms with Crippen molar-refractivity contribution in [3.63, 3.8) is 0 Å². The summed E-state index contributed by atoms with van der Waals surface area (Å²) in [6, 6.07) is 9.75. The third kappa shape index (κ3) is 3.86. The number of nitrogens with one attached hydrogen (secondary N) is 1. The summed E-state index contributed by atoms with van der Waals surface area (Å²) in [6.45, 7) is 2.93. The van der Waals surface area contributed by atoms with Crippen LogP contribution in [0.1, 0.15) is 30.0 Å². The first-order valence-electron chi connectivity index (χ1n) is 8.54. The summed E-state index contributed by atoms with van der Waals surface area (Å²) in [5.74, 6) is 0.986. The van der Waals surface area contributed by atoms with E-state index in [1.165, 1.54) is 5.56 Å². The second-order valence-electron chi connectivity index (χ2n) is 6.43. The van der Waals surface area contributed by atoms with Gasteiger partial charge in [-0.15, -0.1) is 11.3 Å². The molecule has 1 aliphatic rings. The van der Waals surface area contributed by atoms with Gasteiger partial charge in [0.2, 0.25) is 0 Å². The Balaban J connectivity index is 1.54. The predicted molar refractivity (Wildman–Crippen MR) is 99.7 cm³/mol. The van der Waals surface area contributed by atoms with Crippen LogP contribution in [-0.2, 0) is 6.54 Å². The predicted octanol–water partition coefficient (Wildman–Crippen LogP) is 3.27. The molecule has 1 N–H and O–H groups in total. The molecule has 0 bridgehead atoms. The minimum Gasteiger partial charge on any atom is -0.306 e. The van der Waals surface area contributed by atoms with E-state index in [-0.39, 0.29) is 5.56 Å². The summed E-state index contributed by atoms with van der Waals surface area (Å²) in [7, 11) is 0. The number of H-pyrrole nitrogens is 1. The van der Waals surface area contributed by atoms with Crippen LogP contribution >= 0.6 is 11.3 Å². The van der Waals surface area contributed by atoms with E-state index < -0.39 is 0 Å². The first kappa shape index (κ1) is 16.2. The number of piperidine rings is 1. The number of hydrogen-bond donors (Lipinski definition) is 1. The SMILES string of the molecule is O=c1cc([C@@H]2CCCN(Cc3ccncc3)C2)nc(-c2cccs2)[nH]1. The molecular weight excluding hydrogens is 332 g/mol. The molecule has 0 amide bonds. The van der Waals surface area contributed by atoms with Crippen molar-refractivity contribution >= 4 is 11.3 Å². The summed E-state index contributed by atoms with van der Waals surface area (Å²) < 4.78 is 0. The van der Waals surface area contributed by atoms with E-state index >= 15 is 0 Å². The van der Waals surface area contributed by atoms with Crippen molar-refractivity contribution in [2.45, 2.75) is 25.3 Å². The van der Waals surface area contributed by atoms with E-state index in [9.17, 15) is 4.79 Å². The quantitative estimate of drug-likeness (QED) is 0.783. The highest BCUT2D eigenvalue weighted by molar-refractivity contribution is 7.13. The molecule has 4 heterocycles. The lowest BCUT2D eigenvalue weighted by atomic mass is 9.94. The van der Waals surface area contributed by atoms with Crippen LogP contribution in [0.4, 0.5) is 0 Å². The second kappa shape index (κ2) is 7.29. The average Bonchev–Trinajstić information content (AvgIpc) is 3.17. The first-order chi connectivity index (χ1) is 12.3. The van der Waals surface area contributed by atoms with Crippen LogP contribution in [0.15, 0.2) is 52.9 Å². The molecule has 6 heteroatoms. The number of aromatic amines is 1. The van der Waals surface area contributed by atoms with Gasteiger partial charge in [0.25, 0.3) is 5.56 Å². The molecule has 0 saturated carbocycles. The Hall–Kier alpha value is -2.31. The van der Waals surface area contributed by atoms with E-state index in [1.54, 1.807) is 17.4 Å². The summed E-state index contributed by atoms with van der Waals surface area (Å²) >= 11 is 1.59. The third-order valence-electron chi connectivity index (χ3n) is 4.60. The van der Waals surface area contributed by atoms with Crippen molar-refractivity contribution in [1.82, 2.24) is 19.9 Å². The number of nitrogens with zero attached hydrogens (tertiary/aromatic N) is 3.